The molecule has 2 atom stereocenters. The van der Waals surface area contributed by atoms with Gasteiger partial charge in [-0.3, -0.25) is 4.98 Å². The number of ether oxygens (including phenoxy) is 1. The summed E-state index contributed by atoms with van der Waals surface area (Å²) >= 11 is 0. The second-order valence-corrected chi connectivity index (χ2v) is 5.15. The number of hydrogen-bond donors (Lipinski definition) is 1. The topological polar surface area (TPSA) is 48.1 Å². The van der Waals surface area contributed by atoms with Gasteiger partial charge in [-0.15, -0.1) is 0 Å². The van der Waals surface area contributed by atoms with Crippen molar-refractivity contribution in [2.45, 2.75) is 52.2 Å². The second-order valence-electron chi connectivity index (χ2n) is 5.15. The van der Waals surface area contributed by atoms with Gasteiger partial charge in [-0.05, 0) is 37.3 Å². The van der Waals surface area contributed by atoms with Gasteiger partial charge in [0.05, 0.1) is 5.69 Å². The van der Waals surface area contributed by atoms with E-state index >= 15 is 0 Å². The van der Waals surface area contributed by atoms with Gasteiger partial charge in [0.1, 0.15) is 6.10 Å². The molecule has 0 aliphatic carbocycles. The number of aromatic nitrogens is 1. The third-order valence-electron chi connectivity index (χ3n) is 3.06. The van der Waals surface area contributed by atoms with Crippen LogP contribution in [-0.4, -0.2) is 17.6 Å². The molecule has 0 saturated heterocycles. The largest absolute Gasteiger partial charge is 0.370 e. The van der Waals surface area contributed by atoms with E-state index in [1.807, 2.05) is 18.2 Å². The highest BCUT2D eigenvalue weighted by Gasteiger charge is 2.20. The molecule has 18 heavy (non-hydrogen) atoms. The normalized spacial score (nSPS) is 14.7. The summed E-state index contributed by atoms with van der Waals surface area (Å²) in [5.74, 6) is 0.724. The Morgan fingerprint density at radius 2 is 2.11 bits per heavy atom. The molecule has 0 spiro atoms. The number of hydrogen-bond acceptors (Lipinski definition) is 3. The summed E-state index contributed by atoms with van der Waals surface area (Å²) in [6.07, 6.45) is 4.88. The average molecular weight is 250 g/mol. The summed E-state index contributed by atoms with van der Waals surface area (Å²) in [5, 5.41) is 0. The molecule has 1 aromatic heterocycles. The highest BCUT2D eigenvalue weighted by Crippen LogP contribution is 2.20. The molecule has 0 saturated carbocycles. The first-order valence-corrected chi connectivity index (χ1v) is 6.93. The van der Waals surface area contributed by atoms with Crippen molar-refractivity contribution in [3.05, 3.63) is 30.1 Å². The highest BCUT2D eigenvalue weighted by atomic mass is 16.5. The predicted octanol–water partition coefficient (Wildman–Crippen LogP) is 3.31. The first kappa shape index (κ1) is 15.1. The number of rotatable bonds is 8. The van der Waals surface area contributed by atoms with Crippen molar-refractivity contribution in [2.24, 2.45) is 11.7 Å². The molecule has 3 nitrogen and oxygen atoms in total. The molecule has 3 heteroatoms. The van der Waals surface area contributed by atoms with Crippen LogP contribution in [0.15, 0.2) is 24.4 Å². The fourth-order valence-electron chi connectivity index (χ4n) is 1.89. The van der Waals surface area contributed by atoms with Crippen LogP contribution in [0.3, 0.4) is 0 Å². The molecule has 0 bridgehead atoms. The highest BCUT2D eigenvalue weighted by molar-refractivity contribution is 5.09. The van der Waals surface area contributed by atoms with Crippen molar-refractivity contribution in [1.82, 2.24) is 4.98 Å². The third-order valence-corrected chi connectivity index (χ3v) is 3.06. The minimum absolute atomic E-state index is 0.0129. The van der Waals surface area contributed by atoms with E-state index in [2.05, 4.69) is 25.8 Å². The van der Waals surface area contributed by atoms with Crippen molar-refractivity contribution in [3.8, 4) is 0 Å². The molecule has 1 aromatic rings. The third kappa shape index (κ3) is 5.15. The maximum absolute atomic E-state index is 6.13. The van der Waals surface area contributed by atoms with E-state index in [0.717, 1.165) is 31.1 Å². The van der Waals surface area contributed by atoms with Crippen LogP contribution in [-0.2, 0) is 4.74 Å². The monoisotopic (exact) mass is 250 g/mol. The van der Waals surface area contributed by atoms with Crippen LogP contribution in [0.4, 0.5) is 0 Å². The van der Waals surface area contributed by atoms with E-state index in [-0.39, 0.29) is 12.1 Å². The summed E-state index contributed by atoms with van der Waals surface area (Å²) in [4.78, 5) is 4.36. The molecule has 1 heterocycles. The lowest BCUT2D eigenvalue weighted by atomic mass is 10.1. The van der Waals surface area contributed by atoms with Gasteiger partial charge in [-0.25, -0.2) is 0 Å². The first-order chi connectivity index (χ1) is 8.65. The molecule has 0 aliphatic heterocycles. The van der Waals surface area contributed by atoms with Gasteiger partial charge in [0.15, 0.2) is 0 Å². The van der Waals surface area contributed by atoms with Gasteiger partial charge >= 0.3 is 0 Å². The lowest BCUT2D eigenvalue weighted by Gasteiger charge is -2.23. The Morgan fingerprint density at radius 3 is 2.67 bits per heavy atom. The fraction of sp³-hybridized carbons (Fsp3) is 0.667. The van der Waals surface area contributed by atoms with Crippen molar-refractivity contribution in [3.63, 3.8) is 0 Å². The smallest absolute Gasteiger partial charge is 0.114 e. The standard InChI is InChI=1S/C15H26N2O/c1-4-13(16)15(14-9-5-6-10-17-14)18-11-7-8-12(2)3/h5-6,9-10,12-13,15H,4,7-8,11,16H2,1-3H3. The fourth-order valence-corrected chi connectivity index (χ4v) is 1.89. The zero-order chi connectivity index (χ0) is 13.4. The first-order valence-electron chi connectivity index (χ1n) is 6.93. The molecule has 0 fully saturated rings. The Hall–Kier alpha value is -0.930. The lowest BCUT2D eigenvalue weighted by molar-refractivity contribution is 0.0273. The van der Waals surface area contributed by atoms with E-state index in [1.54, 1.807) is 6.20 Å². The van der Waals surface area contributed by atoms with Crippen molar-refractivity contribution < 1.29 is 4.74 Å². The maximum Gasteiger partial charge on any atom is 0.114 e. The van der Waals surface area contributed by atoms with E-state index in [4.69, 9.17) is 10.5 Å². The zero-order valence-electron chi connectivity index (χ0n) is 11.8. The van der Waals surface area contributed by atoms with Crippen LogP contribution in [0.5, 0.6) is 0 Å². The van der Waals surface area contributed by atoms with Crippen LogP contribution in [0.25, 0.3) is 0 Å². The number of nitrogens with two attached hydrogens (primary N) is 1. The SMILES string of the molecule is CCC(N)C(OCCCC(C)C)c1ccccn1. The van der Waals surface area contributed by atoms with Gasteiger partial charge in [-0.2, -0.15) is 0 Å². The minimum Gasteiger partial charge on any atom is -0.370 e. The molecular weight excluding hydrogens is 224 g/mol. The summed E-state index contributed by atoms with van der Waals surface area (Å²) in [5.41, 5.74) is 7.07. The van der Waals surface area contributed by atoms with Gasteiger partial charge in [-0.1, -0.05) is 26.8 Å². The lowest BCUT2D eigenvalue weighted by Crippen LogP contribution is -2.30. The molecule has 2 unspecified atom stereocenters. The van der Waals surface area contributed by atoms with Crippen molar-refractivity contribution >= 4 is 0 Å². The molecule has 0 aromatic carbocycles. The Labute approximate surface area is 111 Å². The minimum atomic E-state index is -0.0802. The van der Waals surface area contributed by atoms with E-state index < -0.39 is 0 Å². The Morgan fingerprint density at radius 1 is 1.33 bits per heavy atom. The molecule has 0 amide bonds. The van der Waals surface area contributed by atoms with E-state index in [9.17, 15) is 0 Å². The quantitative estimate of drug-likeness (QED) is 0.720. The van der Waals surface area contributed by atoms with Crippen LogP contribution >= 0.6 is 0 Å². The predicted molar refractivity (Wildman–Crippen MR) is 75.3 cm³/mol. The summed E-state index contributed by atoms with van der Waals surface area (Å²) < 4.78 is 5.94. The van der Waals surface area contributed by atoms with Crippen molar-refractivity contribution in [2.75, 3.05) is 6.61 Å². The van der Waals surface area contributed by atoms with E-state index in [1.165, 1.54) is 6.42 Å². The molecule has 1 rings (SSSR count). The Bertz CT molecular complexity index is 314. The summed E-state index contributed by atoms with van der Waals surface area (Å²) in [6.45, 7) is 7.30. The van der Waals surface area contributed by atoms with Crippen molar-refractivity contribution in [1.29, 1.82) is 0 Å². The van der Waals surface area contributed by atoms with Crippen LogP contribution in [0.1, 0.15) is 51.8 Å². The van der Waals surface area contributed by atoms with Gasteiger partial charge in [0.25, 0.3) is 0 Å². The van der Waals surface area contributed by atoms with Gasteiger partial charge < -0.3 is 10.5 Å². The Kier molecular flexibility index (Phi) is 6.91. The molecule has 102 valence electrons. The zero-order valence-corrected chi connectivity index (χ0v) is 11.8. The van der Waals surface area contributed by atoms with Crippen LogP contribution in [0, 0.1) is 5.92 Å². The Balaban J connectivity index is 2.52. The van der Waals surface area contributed by atoms with Gasteiger partial charge in [0, 0.05) is 18.8 Å². The van der Waals surface area contributed by atoms with Gasteiger partial charge in [0.2, 0.25) is 0 Å². The van der Waals surface area contributed by atoms with Crippen LogP contribution < -0.4 is 5.73 Å². The molecule has 2 N–H and O–H groups in total. The van der Waals surface area contributed by atoms with Crippen LogP contribution in [0.2, 0.25) is 0 Å². The number of pyridine rings is 1. The summed E-state index contributed by atoms with van der Waals surface area (Å²) in [6, 6.07) is 5.90. The second kappa shape index (κ2) is 8.22. The molecule has 0 radical (unpaired) electrons. The molecular formula is C15H26N2O. The molecule has 0 aliphatic rings. The average Bonchev–Trinajstić information content (AvgIpc) is 2.38. The van der Waals surface area contributed by atoms with E-state index in [0.29, 0.717) is 0 Å². The summed E-state index contributed by atoms with van der Waals surface area (Å²) in [7, 11) is 0. The maximum atomic E-state index is 6.13. The number of nitrogens with zero attached hydrogens (tertiary/aromatic N) is 1.